The van der Waals surface area contributed by atoms with Crippen molar-refractivity contribution in [3.8, 4) is 0 Å². The van der Waals surface area contributed by atoms with Gasteiger partial charge in [-0.2, -0.15) is 0 Å². The average molecular weight is 246 g/mol. The second-order valence-corrected chi connectivity index (χ2v) is 6.07. The largest absolute Gasteiger partial charge is 0.388 e. The van der Waals surface area contributed by atoms with Gasteiger partial charge in [-0.1, -0.05) is 18.2 Å². The molecule has 90 valence electrons. The molecule has 0 radical (unpaired) electrons. The molecule has 3 nitrogen and oxygen atoms in total. The highest BCUT2D eigenvalue weighted by atomic mass is 32.2. The van der Waals surface area contributed by atoms with E-state index in [0.717, 1.165) is 6.26 Å². The summed E-state index contributed by atoms with van der Waals surface area (Å²) in [5.41, 5.74) is 0.219. The number of hydrogen-bond donors (Lipinski definition) is 1. The zero-order valence-electron chi connectivity index (χ0n) is 9.06. The molecule has 0 aromatic heterocycles. The summed E-state index contributed by atoms with van der Waals surface area (Å²) in [6.45, 7) is 0. The van der Waals surface area contributed by atoms with E-state index in [1.807, 2.05) is 0 Å². The molecule has 0 aliphatic heterocycles. The van der Waals surface area contributed by atoms with Gasteiger partial charge in [-0.15, -0.1) is 0 Å². The minimum atomic E-state index is -3.02. The Kier molecular flexibility index (Phi) is 4.44. The van der Waals surface area contributed by atoms with Crippen molar-refractivity contribution in [3.05, 3.63) is 35.6 Å². The summed E-state index contributed by atoms with van der Waals surface area (Å²) in [6, 6.07) is 5.95. The minimum absolute atomic E-state index is 0.0124. The van der Waals surface area contributed by atoms with Crippen LogP contribution in [0.1, 0.15) is 24.5 Å². The fourth-order valence-electron chi connectivity index (χ4n) is 1.44. The Hall–Kier alpha value is -0.940. The first-order valence-corrected chi connectivity index (χ1v) is 7.06. The number of rotatable bonds is 5. The molecule has 0 aliphatic carbocycles. The van der Waals surface area contributed by atoms with E-state index in [0.29, 0.717) is 6.42 Å². The lowest BCUT2D eigenvalue weighted by atomic mass is 10.1. The maximum atomic E-state index is 13.2. The van der Waals surface area contributed by atoms with E-state index in [1.54, 1.807) is 12.1 Å². The van der Waals surface area contributed by atoms with Gasteiger partial charge in [-0.05, 0) is 18.9 Å². The van der Waals surface area contributed by atoms with Crippen molar-refractivity contribution in [2.75, 3.05) is 12.0 Å². The summed E-state index contributed by atoms with van der Waals surface area (Å²) in [7, 11) is -3.02. The maximum absolute atomic E-state index is 13.2. The second-order valence-electron chi connectivity index (χ2n) is 3.81. The lowest BCUT2D eigenvalue weighted by molar-refractivity contribution is 0.162. The lowest BCUT2D eigenvalue weighted by Crippen LogP contribution is -2.06. The first kappa shape index (κ1) is 13.1. The maximum Gasteiger partial charge on any atom is 0.147 e. The van der Waals surface area contributed by atoms with Crippen LogP contribution in [-0.2, 0) is 9.84 Å². The van der Waals surface area contributed by atoms with Crippen molar-refractivity contribution in [3.63, 3.8) is 0 Å². The van der Waals surface area contributed by atoms with Crippen LogP contribution in [0.15, 0.2) is 24.3 Å². The molecular weight excluding hydrogens is 231 g/mol. The summed E-state index contributed by atoms with van der Waals surface area (Å²) in [6.07, 6.45) is 0.771. The third kappa shape index (κ3) is 4.28. The molecular formula is C11H15FO3S. The van der Waals surface area contributed by atoms with Crippen LogP contribution in [-0.4, -0.2) is 25.5 Å². The van der Waals surface area contributed by atoms with Crippen LogP contribution >= 0.6 is 0 Å². The molecule has 0 saturated heterocycles. The van der Waals surface area contributed by atoms with E-state index in [1.165, 1.54) is 12.1 Å². The first-order valence-electron chi connectivity index (χ1n) is 5.00. The molecule has 0 heterocycles. The molecule has 0 bridgehead atoms. The van der Waals surface area contributed by atoms with E-state index < -0.39 is 21.8 Å². The molecule has 0 aliphatic rings. The van der Waals surface area contributed by atoms with Crippen molar-refractivity contribution in [1.29, 1.82) is 0 Å². The van der Waals surface area contributed by atoms with Gasteiger partial charge in [0.25, 0.3) is 0 Å². The predicted octanol–water partition coefficient (Wildman–Crippen LogP) is 1.68. The van der Waals surface area contributed by atoms with Crippen molar-refractivity contribution < 1.29 is 17.9 Å². The Morgan fingerprint density at radius 3 is 2.56 bits per heavy atom. The number of halogens is 1. The predicted molar refractivity (Wildman–Crippen MR) is 60.3 cm³/mol. The van der Waals surface area contributed by atoms with Crippen molar-refractivity contribution in [1.82, 2.24) is 0 Å². The van der Waals surface area contributed by atoms with Gasteiger partial charge in [-0.3, -0.25) is 0 Å². The number of benzene rings is 1. The molecule has 5 heteroatoms. The van der Waals surface area contributed by atoms with E-state index in [9.17, 15) is 17.9 Å². The zero-order chi connectivity index (χ0) is 12.2. The van der Waals surface area contributed by atoms with Crippen molar-refractivity contribution >= 4 is 9.84 Å². The lowest BCUT2D eigenvalue weighted by Gasteiger charge is -2.11. The molecule has 0 saturated carbocycles. The zero-order valence-corrected chi connectivity index (χ0v) is 9.87. The third-order valence-corrected chi connectivity index (χ3v) is 3.29. The summed E-state index contributed by atoms with van der Waals surface area (Å²) in [5.74, 6) is -0.451. The van der Waals surface area contributed by atoms with Crippen LogP contribution in [0, 0.1) is 5.82 Å². The number of sulfone groups is 1. The molecule has 1 aromatic rings. The second kappa shape index (κ2) is 5.41. The highest BCUT2D eigenvalue weighted by Crippen LogP contribution is 2.21. The highest BCUT2D eigenvalue weighted by molar-refractivity contribution is 7.90. The van der Waals surface area contributed by atoms with E-state index in [4.69, 9.17) is 0 Å². The Balaban J connectivity index is 2.54. The molecule has 0 fully saturated rings. The van der Waals surface area contributed by atoms with Gasteiger partial charge in [0, 0.05) is 17.6 Å². The van der Waals surface area contributed by atoms with Gasteiger partial charge in [-0.25, -0.2) is 12.8 Å². The van der Waals surface area contributed by atoms with Crippen LogP contribution in [0.2, 0.25) is 0 Å². The molecule has 1 aromatic carbocycles. The van der Waals surface area contributed by atoms with E-state index in [2.05, 4.69) is 0 Å². The van der Waals surface area contributed by atoms with Crippen LogP contribution in [0.5, 0.6) is 0 Å². The summed E-state index contributed by atoms with van der Waals surface area (Å²) < 4.78 is 34.9. The Morgan fingerprint density at radius 1 is 1.38 bits per heavy atom. The quantitative estimate of drug-likeness (QED) is 0.860. The Labute approximate surface area is 94.8 Å². The van der Waals surface area contributed by atoms with Crippen LogP contribution < -0.4 is 0 Å². The SMILES string of the molecule is CS(=O)(=O)CCCC(O)c1ccccc1F. The standard InChI is InChI=1S/C11H15FO3S/c1-16(14,15)8-4-7-11(13)9-5-2-3-6-10(9)12/h2-3,5-6,11,13H,4,7-8H2,1H3. The summed E-state index contributed by atoms with van der Waals surface area (Å²) in [4.78, 5) is 0. The highest BCUT2D eigenvalue weighted by Gasteiger charge is 2.12. The van der Waals surface area contributed by atoms with Gasteiger partial charge in [0.1, 0.15) is 15.7 Å². The van der Waals surface area contributed by atoms with Crippen LogP contribution in [0.4, 0.5) is 4.39 Å². The molecule has 1 atom stereocenters. The normalized spacial score (nSPS) is 13.7. The van der Waals surface area contributed by atoms with E-state index in [-0.39, 0.29) is 17.7 Å². The van der Waals surface area contributed by atoms with Crippen molar-refractivity contribution in [2.24, 2.45) is 0 Å². The van der Waals surface area contributed by atoms with Gasteiger partial charge < -0.3 is 5.11 Å². The third-order valence-electron chi connectivity index (χ3n) is 2.26. The average Bonchev–Trinajstić information content (AvgIpc) is 2.16. The van der Waals surface area contributed by atoms with Gasteiger partial charge in [0.05, 0.1) is 6.10 Å². The fraction of sp³-hybridized carbons (Fsp3) is 0.455. The molecule has 16 heavy (non-hydrogen) atoms. The number of aliphatic hydroxyl groups excluding tert-OH is 1. The molecule has 1 unspecified atom stereocenters. The van der Waals surface area contributed by atoms with Gasteiger partial charge >= 0.3 is 0 Å². The van der Waals surface area contributed by atoms with Crippen LogP contribution in [0.3, 0.4) is 0 Å². The Morgan fingerprint density at radius 2 is 2.00 bits per heavy atom. The molecule has 1 rings (SSSR count). The topological polar surface area (TPSA) is 54.4 Å². The molecule has 1 N–H and O–H groups in total. The first-order chi connectivity index (χ1) is 7.40. The number of hydrogen-bond acceptors (Lipinski definition) is 3. The molecule has 0 amide bonds. The van der Waals surface area contributed by atoms with Gasteiger partial charge in [0.15, 0.2) is 0 Å². The molecule has 0 spiro atoms. The fourth-order valence-corrected chi connectivity index (χ4v) is 2.13. The summed E-state index contributed by atoms with van der Waals surface area (Å²) in [5, 5.41) is 9.66. The number of aliphatic hydroxyl groups is 1. The van der Waals surface area contributed by atoms with E-state index >= 15 is 0 Å². The summed E-state index contributed by atoms with van der Waals surface area (Å²) >= 11 is 0. The Bertz CT molecular complexity index is 442. The van der Waals surface area contributed by atoms with Crippen LogP contribution in [0.25, 0.3) is 0 Å². The minimum Gasteiger partial charge on any atom is -0.388 e. The van der Waals surface area contributed by atoms with Gasteiger partial charge in [0.2, 0.25) is 0 Å². The van der Waals surface area contributed by atoms with Crippen molar-refractivity contribution in [2.45, 2.75) is 18.9 Å². The smallest absolute Gasteiger partial charge is 0.147 e. The monoisotopic (exact) mass is 246 g/mol.